The van der Waals surface area contributed by atoms with Crippen molar-refractivity contribution in [2.24, 2.45) is 10.8 Å². The molecule has 0 fully saturated rings. The van der Waals surface area contributed by atoms with Crippen LogP contribution in [-0.4, -0.2) is 24.3 Å². The Kier molecular flexibility index (Phi) is 8.08. The van der Waals surface area contributed by atoms with E-state index in [0.29, 0.717) is 13.1 Å². The molecule has 0 bridgehead atoms. The van der Waals surface area contributed by atoms with Gasteiger partial charge >= 0.3 is 0 Å². The Hall–Kier alpha value is -1.33. The summed E-state index contributed by atoms with van der Waals surface area (Å²) in [6, 6.07) is 6.54. The summed E-state index contributed by atoms with van der Waals surface area (Å²) < 4.78 is 13.0. The van der Waals surface area contributed by atoms with Gasteiger partial charge in [0.05, 0.1) is 6.54 Å². The molecule has 0 aromatic heterocycles. The third-order valence-electron chi connectivity index (χ3n) is 2.88. The van der Waals surface area contributed by atoms with Crippen molar-refractivity contribution in [3.8, 4) is 0 Å². The minimum absolute atomic E-state index is 0.214. The molecule has 0 heterocycles. The number of hydrazone groups is 1. The molecule has 0 aliphatic heterocycles. The number of nitrogens with two attached hydrogens (primary N) is 1. The van der Waals surface area contributed by atoms with Gasteiger partial charge in [-0.2, -0.15) is 5.10 Å². The topological polar surface area (TPSA) is 41.6 Å². The maximum atomic E-state index is 13.0. The largest absolute Gasteiger partial charge is 0.329 e. The second kappa shape index (κ2) is 9.58. The van der Waals surface area contributed by atoms with Gasteiger partial charge in [-0.05, 0) is 44.0 Å². The van der Waals surface area contributed by atoms with Crippen LogP contribution in [0.3, 0.4) is 0 Å². The van der Waals surface area contributed by atoms with E-state index in [4.69, 9.17) is 5.73 Å². The summed E-state index contributed by atoms with van der Waals surface area (Å²) in [5, 5.41) is 6.44. The lowest BCUT2D eigenvalue weighted by atomic mass is 10.3. The van der Waals surface area contributed by atoms with Crippen LogP contribution in [0, 0.1) is 5.82 Å². The highest BCUT2D eigenvalue weighted by Crippen LogP contribution is 2.31. The van der Waals surface area contributed by atoms with Crippen molar-refractivity contribution >= 4 is 18.0 Å². The monoisotopic (exact) mass is 309 g/mol. The van der Waals surface area contributed by atoms with Crippen LogP contribution in [0.1, 0.15) is 33.6 Å². The van der Waals surface area contributed by atoms with Crippen molar-refractivity contribution in [3.63, 3.8) is 0 Å². The van der Waals surface area contributed by atoms with Crippen molar-refractivity contribution in [1.82, 2.24) is 5.01 Å². The molecule has 3 nitrogen and oxygen atoms in total. The van der Waals surface area contributed by atoms with Crippen molar-refractivity contribution < 1.29 is 4.39 Å². The van der Waals surface area contributed by atoms with Crippen LogP contribution in [0.5, 0.6) is 0 Å². The Morgan fingerprint density at radius 1 is 1.33 bits per heavy atom. The van der Waals surface area contributed by atoms with E-state index >= 15 is 0 Å². The smallest absolute Gasteiger partial charge is 0.123 e. The summed E-state index contributed by atoms with van der Waals surface area (Å²) in [6.07, 6.45) is 3.66. The lowest BCUT2D eigenvalue weighted by Crippen LogP contribution is -2.25. The summed E-state index contributed by atoms with van der Waals surface area (Å²) in [4.78, 5) is 2.18. The Bertz CT molecular complexity index is 483. The van der Waals surface area contributed by atoms with Gasteiger partial charge in [0.15, 0.2) is 0 Å². The van der Waals surface area contributed by atoms with Crippen LogP contribution < -0.4 is 5.73 Å². The first-order valence-electron chi connectivity index (χ1n) is 7.25. The highest BCUT2D eigenvalue weighted by atomic mass is 32.2. The zero-order chi connectivity index (χ0) is 15.7. The highest BCUT2D eigenvalue weighted by molar-refractivity contribution is 8.03. The zero-order valence-corrected chi connectivity index (χ0v) is 13.8. The molecule has 0 radical (unpaired) electrons. The molecule has 0 amide bonds. The summed E-state index contributed by atoms with van der Waals surface area (Å²) >= 11 is 1.63. The van der Waals surface area contributed by atoms with Crippen LogP contribution in [0.15, 0.2) is 44.9 Å². The van der Waals surface area contributed by atoms with E-state index in [9.17, 15) is 4.39 Å². The van der Waals surface area contributed by atoms with Gasteiger partial charge in [0, 0.05) is 28.3 Å². The molecule has 0 spiro atoms. The molecule has 0 saturated carbocycles. The van der Waals surface area contributed by atoms with Crippen molar-refractivity contribution in [3.05, 3.63) is 40.7 Å². The molecule has 21 heavy (non-hydrogen) atoms. The van der Waals surface area contributed by atoms with E-state index in [1.807, 2.05) is 11.2 Å². The molecular weight excluding hydrogens is 285 g/mol. The second-order valence-corrected chi connectivity index (χ2v) is 5.82. The zero-order valence-electron chi connectivity index (χ0n) is 13.0. The van der Waals surface area contributed by atoms with Crippen LogP contribution in [0.25, 0.3) is 0 Å². The third kappa shape index (κ3) is 5.89. The molecule has 1 rings (SSSR count). The number of hydrogen-bond donors (Lipinski definition) is 1. The molecule has 0 aliphatic rings. The normalized spacial score (nSPS) is 12.6. The van der Waals surface area contributed by atoms with Gasteiger partial charge in [-0.25, -0.2) is 4.39 Å². The fraction of sp³-hybridized carbons (Fsp3) is 0.438. The van der Waals surface area contributed by atoms with E-state index in [-0.39, 0.29) is 5.82 Å². The first kappa shape index (κ1) is 17.7. The van der Waals surface area contributed by atoms with Crippen LogP contribution >= 0.6 is 11.8 Å². The van der Waals surface area contributed by atoms with Gasteiger partial charge in [-0.3, -0.25) is 5.01 Å². The molecule has 1 aromatic rings. The first-order chi connectivity index (χ1) is 10.1. The Labute approximate surface area is 131 Å². The summed E-state index contributed by atoms with van der Waals surface area (Å²) in [5.74, 6) is -0.214. The maximum absolute atomic E-state index is 13.0. The molecular formula is C16H24FN3S. The molecule has 2 N–H and O–H groups in total. The average molecular weight is 309 g/mol. The lowest BCUT2D eigenvalue weighted by Gasteiger charge is -2.23. The predicted octanol–water partition coefficient (Wildman–Crippen LogP) is 4.22. The third-order valence-corrected chi connectivity index (χ3v) is 3.93. The van der Waals surface area contributed by atoms with Gasteiger partial charge < -0.3 is 5.73 Å². The molecule has 0 aliphatic carbocycles. The number of thioether (sulfide) groups is 1. The number of nitrogens with zero attached hydrogens (tertiary/aromatic N) is 2. The fourth-order valence-electron chi connectivity index (χ4n) is 1.92. The molecule has 1 aromatic carbocycles. The van der Waals surface area contributed by atoms with Gasteiger partial charge in [0.25, 0.3) is 0 Å². The SMILES string of the molecule is CC/C=N/N(CCN)/C(CC)=C(\C)Sc1ccc(F)cc1. The summed E-state index contributed by atoms with van der Waals surface area (Å²) in [7, 11) is 0. The van der Waals surface area contributed by atoms with E-state index in [1.165, 1.54) is 12.1 Å². The van der Waals surface area contributed by atoms with Crippen LogP contribution in [-0.2, 0) is 0 Å². The molecule has 116 valence electrons. The van der Waals surface area contributed by atoms with Crippen molar-refractivity contribution in [1.29, 1.82) is 0 Å². The van der Waals surface area contributed by atoms with Gasteiger partial charge in [0.2, 0.25) is 0 Å². The first-order valence-corrected chi connectivity index (χ1v) is 8.07. The van der Waals surface area contributed by atoms with E-state index < -0.39 is 0 Å². The van der Waals surface area contributed by atoms with E-state index in [1.54, 1.807) is 23.9 Å². The average Bonchev–Trinajstić information content (AvgIpc) is 2.48. The predicted molar refractivity (Wildman–Crippen MR) is 89.8 cm³/mol. The number of rotatable bonds is 8. The molecule has 5 heteroatoms. The van der Waals surface area contributed by atoms with Crippen LogP contribution in [0.2, 0.25) is 0 Å². The van der Waals surface area contributed by atoms with Gasteiger partial charge in [-0.15, -0.1) is 0 Å². The van der Waals surface area contributed by atoms with Crippen molar-refractivity contribution in [2.75, 3.05) is 13.1 Å². The number of benzene rings is 1. The minimum Gasteiger partial charge on any atom is -0.329 e. The quantitative estimate of drug-likeness (QED) is 0.444. The van der Waals surface area contributed by atoms with Gasteiger partial charge in [-0.1, -0.05) is 25.6 Å². The molecule has 0 atom stereocenters. The molecule has 0 saturated heterocycles. The second-order valence-electron chi connectivity index (χ2n) is 4.53. The minimum atomic E-state index is -0.214. The fourth-order valence-corrected chi connectivity index (χ4v) is 2.91. The number of halogens is 1. The van der Waals surface area contributed by atoms with Gasteiger partial charge in [0.1, 0.15) is 5.82 Å². The van der Waals surface area contributed by atoms with Crippen molar-refractivity contribution in [2.45, 2.75) is 38.5 Å². The summed E-state index contributed by atoms with van der Waals surface area (Å²) in [5.41, 5.74) is 6.83. The van der Waals surface area contributed by atoms with E-state index in [0.717, 1.165) is 28.3 Å². The standard InChI is InChI=1S/C16H24FN3S/c1-4-11-19-20(12-10-18)16(5-2)13(3)21-15-8-6-14(17)7-9-15/h6-9,11H,4-5,10,12,18H2,1-3H3/b16-13+,19-11+. The Balaban J connectivity index is 2.95. The number of hydrogen-bond acceptors (Lipinski definition) is 4. The Morgan fingerprint density at radius 2 is 2.00 bits per heavy atom. The molecule has 0 unspecified atom stereocenters. The van der Waals surface area contributed by atoms with Crippen LogP contribution in [0.4, 0.5) is 4.39 Å². The number of allylic oxidation sites excluding steroid dienone is 2. The summed E-state index contributed by atoms with van der Waals surface area (Å²) in [6.45, 7) is 7.48. The lowest BCUT2D eigenvalue weighted by molar-refractivity contribution is 0.362. The highest BCUT2D eigenvalue weighted by Gasteiger charge is 2.10. The Morgan fingerprint density at radius 3 is 2.52 bits per heavy atom. The maximum Gasteiger partial charge on any atom is 0.123 e. The van der Waals surface area contributed by atoms with E-state index in [2.05, 4.69) is 25.9 Å².